The van der Waals surface area contributed by atoms with Crippen molar-refractivity contribution in [2.24, 2.45) is 5.92 Å². The number of piperidine rings is 1. The van der Waals surface area contributed by atoms with E-state index in [0.717, 1.165) is 25.9 Å². The fourth-order valence-electron chi connectivity index (χ4n) is 3.15. The average Bonchev–Trinajstić information content (AvgIpc) is 2.62. The van der Waals surface area contributed by atoms with E-state index >= 15 is 0 Å². The highest BCUT2D eigenvalue weighted by atomic mass is 16.2. The number of likely N-dealkylation sites (tertiary alicyclic amines) is 1. The summed E-state index contributed by atoms with van der Waals surface area (Å²) in [7, 11) is 2.03. The van der Waals surface area contributed by atoms with E-state index in [2.05, 4.69) is 10.2 Å². The van der Waals surface area contributed by atoms with Crippen LogP contribution in [-0.4, -0.2) is 36.7 Å². The molecule has 3 rings (SSSR count). The summed E-state index contributed by atoms with van der Waals surface area (Å²) in [5, 5.41) is 2.97. The molecule has 0 bridgehead atoms. The summed E-state index contributed by atoms with van der Waals surface area (Å²) < 4.78 is 0. The van der Waals surface area contributed by atoms with Crippen molar-refractivity contribution in [3.05, 3.63) is 65.7 Å². The van der Waals surface area contributed by atoms with E-state index in [9.17, 15) is 9.59 Å². The van der Waals surface area contributed by atoms with Crippen LogP contribution in [0.15, 0.2) is 54.6 Å². The van der Waals surface area contributed by atoms with Crippen molar-refractivity contribution in [1.82, 2.24) is 4.90 Å². The average molecular weight is 322 g/mol. The molecule has 0 aromatic heterocycles. The Labute approximate surface area is 142 Å². The van der Waals surface area contributed by atoms with Gasteiger partial charge in [-0.25, -0.2) is 0 Å². The van der Waals surface area contributed by atoms with E-state index in [1.807, 2.05) is 37.4 Å². The van der Waals surface area contributed by atoms with Gasteiger partial charge in [0.05, 0.1) is 11.6 Å². The number of nitrogens with one attached hydrogen (secondary N) is 1. The van der Waals surface area contributed by atoms with Gasteiger partial charge in [0.2, 0.25) is 5.91 Å². The molecule has 1 aliphatic rings. The number of ketones is 1. The zero-order valence-corrected chi connectivity index (χ0v) is 13.9. The maximum Gasteiger partial charge on any atom is 0.228 e. The highest BCUT2D eigenvalue weighted by Crippen LogP contribution is 2.22. The number of carbonyl (C=O) groups excluding carboxylic acids is 2. The predicted molar refractivity (Wildman–Crippen MR) is 95.2 cm³/mol. The molecule has 1 atom stereocenters. The third-order valence-electron chi connectivity index (χ3n) is 4.46. The Morgan fingerprint density at radius 1 is 1.04 bits per heavy atom. The lowest BCUT2D eigenvalue weighted by molar-refractivity contribution is -0.121. The minimum Gasteiger partial charge on any atom is -0.325 e. The van der Waals surface area contributed by atoms with Crippen LogP contribution in [0.3, 0.4) is 0 Å². The molecule has 0 spiro atoms. The zero-order valence-electron chi connectivity index (χ0n) is 13.9. The predicted octanol–water partition coefficient (Wildman–Crippen LogP) is 3.20. The Morgan fingerprint density at radius 2 is 1.75 bits per heavy atom. The van der Waals surface area contributed by atoms with Gasteiger partial charge < -0.3 is 10.2 Å². The molecule has 2 aromatic rings. The van der Waals surface area contributed by atoms with Crippen molar-refractivity contribution in [3.63, 3.8) is 0 Å². The first-order chi connectivity index (χ1) is 11.6. The van der Waals surface area contributed by atoms with Crippen molar-refractivity contribution in [3.8, 4) is 0 Å². The molecule has 124 valence electrons. The molecular formula is C20H22N2O2. The highest BCUT2D eigenvalue weighted by Gasteiger charge is 2.25. The second-order valence-electron chi connectivity index (χ2n) is 6.33. The van der Waals surface area contributed by atoms with Crippen molar-refractivity contribution in [2.45, 2.75) is 12.8 Å². The van der Waals surface area contributed by atoms with Gasteiger partial charge in [0, 0.05) is 17.7 Å². The van der Waals surface area contributed by atoms with Crippen LogP contribution >= 0.6 is 0 Å². The lowest BCUT2D eigenvalue weighted by Crippen LogP contribution is -2.38. The molecule has 2 aromatic carbocycles. The fraction of sp³-hybridized carbons (Fsp3) is 0.300. The smallest absolute Gasteiger partial charge is 0.228 e. The molecule has 1 fully saturated rings. The van der Waals surface area contributed by atoms with Crippen molar-refractivity contribution in [2.75, 3.05) is 25.5 Å². The summed E-state index contributed by atoms with van der Waals surface area (Å²) >= 11 is 0. The largest absolute Gasteiger partial charge is 0.325 e. The van der Waals surface area contributed by atoms with Gasteiger partial charge in [0.1, 0.15) is 0 Å². The van der Waals surface area contributed by atoms with Crippen molar-refractivity contribution in [1.29, 1.82) is 0 Å². The van der Waals surface area contributed by atoms with E-state index in [0.29, 0.717) is 16.8 Å². The Bertz CT molecular complexity index is 727. The third kappa shape index (κ3) is 3.71. The number of carbonyl (C=O) groups is 2. The van der Waals surface area contributed by atoms with Crippen LogP contribution in [0, 0.1) is 5.92 Å². The summed E-state index contributed by atoms with van der Waals surface area (Å²) in [6, 6.07) is 16.3. The Kier molecular flexibility index (Phi) is 5.06. The third-order valence-corrected chi connectivity index (χ3v) is 4.46. The number of rotatable bonds is 4. The van der Waals surface area contributed by atoms with E-state index in [1.165, 1.54) is 0 Å². The molecule has 0 unspecified atom stereocenters. The molecule has 4 heteroatoms. The minimum atomic E-state index is -0.0766. The summed E-state index contributed by atoms with van der Waals surface area (Å²) in [4.78, 5) is 27.5. The first kappa shape index (κ1) is 16.4. The van der Waals surface area contributed by atoms with Gasteiger partial charge >= 0.3 is 0 Å². The molecule has 1 aliphatic heterocycles. The van der Waals surface area contributed by atoms with Crippen LogP contribution < -0.4 is 5.32 Å². The van der Waals surface area contributed by atoms with Gasteiger partial charge in [-0.2, -0.15) is 0 Å². The summed E-state index contributed by atoms with van der Waals surface area (Å²) in [5.74, 6) is -0.106. The quantitative estimate of drug-likeness (QED) is 0.880. The van der Waals surface area contributed by atoms with Gasteiger partial charge in [0.15, 0.2) is 5.78 Å². The van der Waals surface area contributed by atoms with E-state index < -0.39 is 0 Å². The Balaban J connectivity index is 1.79. The molecule has 1 heterocycles. The van der Waals surface area contributed by atoms with Gasteiger partial charge in [-0.1, -0.05) is 42.5 Å². The number of benzene rings is 2. The lowest BCUT2D eigenvalue weighted by atomic mass is 9.96. The number of anilines is 1. The normalized spacial score (nSPS) is 18.1. The highest BCUT2D eigenvalue weighted by molar-refractivity contribution is 6.13. The standard InChI is InChI=1S/C20H22N2O2/c1-22-13-7-10-16(14-22)20(24)21-18-12-6-5-11-17(18)19(23)15-8-3-2-4-9-15/h2-6,8-9,11-12,16H,7,10,13-14H2,1H3,(H,21,24)/t16-/m0/s1. The molecule has 0 aliphatic carbocycles. The molecular weight excluding hydrogens is 300 g/mol. The number of amides is 1. The molecule has 24 heavy (non-hydrogen) atoms. The fourth-order valence-corrected chi connectivity index (χ4v) is 3.15. The van der Waals surface area contributed by atoms with Crippen molar-refractivity contribution < 1.29 is 9.59 Å². The van der Waals surface area contributed by atoms with Crippen LogP contribution in [0.1, 0.15) is 28.8 Å². The number of para-hydroxylation sites is 1. The first-order valence-corrected chi connectivity index (χ1v) is 8.33. The molecule has 1 saturated heterocycles. The number of hydrogen-bond acceptors (Lipinski definition) is 3. The van der Waals surface area contributed by atoms with Crippen LogP contribution in [0.5, 0.6) is 0 Å². The monoisotopic (exact) mass is 322 g/mol. The summed E-state index contributed by atoms with van der Waals surface area (Å²) in [6.07, 6.45) is 1.92. The van der Waals surface area contributed by atoms with Gasteiger partial charge in [0.25, 0.3) is 0 Å². The minimum absolute atomic E-state index is 0.00476. The SMILES string of the molecule is CN1CCC[C@H](C(=O)Nc2ccccc2C(=O)c2ccccc2)C1. The maximum absolute atomic E-state index is 12.7. The van der Waals surface area contributed by atoms with Crippen LogP contribution in [0.2, 0.25) is 0 Å². The second kappa shape index (κ2) is 7.41. The zero-order chi connectivity index (χ0) is 16.9. The molecule has 4 nitrogen and oxygen atoms in total. The second-order valence-corrected chi connectivity index (χ2v) is 6.33. The van der Waals surface area contributed by atoms with Crippen LogP contribution in [0.25, 0.3) is 0 Å². The Hall–Kier alpha value is -2.46. The Morgan fingerprint density at radius 3 is 2.50 bits per heavy atom. The van der Waals surface area contributed by atoms with E-state index in [4.69, 9.17) is 0 Å². The maximum atomic E-state index is 12.7. The molecule has 0 radical (unpaired) electrons. The van der Waals surface area contributed by atoms with E-state index in [1.54, 1.807) is 24.3 Å². The van der Waals surface area contributed by atoms with Crippen LogP contribution in [0.4, 0.5) is 5.69 Å². The lowest BCUT2D eigenvalue weighted by Gasteiger charge is -2.28. The number of nitrogens with zero attached hydrogens (tertiary/aromatic N) is 1. The number of hydrogen-bond donors (Lipinski definition) is 1. The van der Waals surface area contributed by atoms with E-state index in [-0.39, 0.29) is 17.6 Å². The van der Waals surface area contributed by atoms with Gasteiger partial charge in [-0.15, -0.1) is 0 Å². The van der Waals surface area contributed by atoms with Gasteiger partial charge in [-0.05, 0) is 38.6 Å². The summed E-state index contributed by atoms with van der Waals surface area (Å²) in [6.45, 7) is 1.80. The molecule has 1 amide bonds. The van der Waals surface area contributed by atoms with Gasteiger partial charge in [-0.3, -0.25) is 9.59 Å². The molecule has 0 saturated carbocycles. The van der Waals surface area contributed by atoms with Crippen molar-refractivity contribution >= 4 is 17.4 Å². The first-order valence-electron chi connectivity index (χ1n) is 8.33. The topological polar surface area (TPSA) is 49.4 Å². The van der Waals surface area contributed by atoms with Crippen LogP contribution in [-0.2, 0) is 4.79 Å². The molecule has 1 N–H and O–H groups in total. The summed E-state index contributed by atoms with van der Waals surface area (Å²) in [5.41, 5.74) is 1.74.